The van der Waals surface area contributed by atoms with Crippen LogP contribution in [0.25, 0.3) is 22.1 Å². The number of non-ortho nitro benzene ring substituents is 1. The van der Waals surface area contributed by atoms with Crippen molar-refractivity contribution in [3.8, 4) is 22.9 Å². The molecular weight excluding hydrogens is 384 g/mol. The lowest BCUT2D eigenvalue weighted by molar-refractivity contribution is -0.384. The van der Waals surface area contributed by atoms with Gasteiger partial charge in [0, 0.05) is 23.8 Å². The molecule has 0 aliphatic rings. The number of nitro benzene ring substituents is 1. The largest absolute Gasteiger partial charge is 0.489 e. The summed E-state index contributed by atoms with van der Waals surface area (Å²) in [6.07, 6.45) is 1.33. The smallest absolute Gasteiger partial charge is 0.269 e. The van der Waals surface area contributed by atoms with Crippen molar-refractivity contribution in [1.82, 2.24) is 0 Å². The Kier molecular flexibility index (Phi) is 4.97. The highest BCUT2D eigenvalue weighted by Gasteiger charge is 2.12. The minimum Gasteiger partial charge on any atom is -0.489 e. The summed E-state index contributed by atoms with van der Waals surface area (Å²) in [5.41, 5.74) is 2.21. The lowest BCUT2D eigenvalue weighted by Crippen LogP contribution is -2.05. The third kappa shape index (κ3) is 3.62. The van der Waals surface area contributed by atoms with Gasteiger partial charge < -0.3 is 9.15 Å². The van der Waals surface area contributed by atoms with Crippen LogP contribution in [0.4, 0.5) is 5.69 Å². The van der Waals surface area contributed by atoms with Gasteiger partial charge >= 0.3 is 0 Å². The molecular formula is C23H14N2O5. The highest BCUT2D eigenvalue weighted by molar-refractivity contribution is 5.82. The van der Waals surface area contributed by atoms with Crippen molar-refractivity contribution >= 4 is 16.7 Å². The van der Waals surface area contributed by atoms with E-state index in [1.165, 1.54) is 30.5 Å². The summed E-state index contributed by atoms with van der Waals surface area (Å²) >= 11 is 0. The topological polar surface area (TPSA) is 106 Å². The molecule has 4 rings (SSSR count). The molecule has 0 spiro atoms. The minimum absolute atomic E-state index is 0.0521. The number of nitro groups is 1. The zero-order chi connectivity index (χ0) is 21.1. The fourth-order valence-corrected chi connectivity index (χ4v) is 3.08. The standard InChI is InChI=1S/C23H14N2O5/c24-12-16-3-1-2-4-17(16)13-29-19-9-10-20-22(11-19)30-14-21(23(20)26)15-5-7-18(8-6-15)25(27)28/h1-11,14H,13H2. The van der Waals surface area contributed by atoms with Gasteiger partial charge in [0.15, 0.2) is 5.43 Å². The molecule has 0 N–H and O–H groups in total. The number of ether oxygens (including phenoxy) is 1. The Labute approximate surface area is 170 Å². The van der Waals surface area contributed by atoms with E-state index < -0.39 is 4.92 Å². The number of fused-ring (bicyclic) bond motifs is 1. The fraction of sp³-hybridized carbons (Fsp3) is 0.0435. The average molecular weight is 398 g/mol. The van der Waals surface area contributed by atoms with Crippen LogP contribution in [0.15, 0.2) is 82.2 Å². The van der Waals surface area contributed by atoms with E-state index in [0.29, 0.717) is 33.4 Å². The zero-order valence-electron chi connectivity index (χ0n) is 15.6. The van der Waals surface area contributed by atoms with Crippen LogP contribution >= 0.6 is 0 Å². The Hall–Kier alpha value is -4.44. The highest BCUT2D eigenvalue weighted by atomic mass is 16.6. The number of nitriles is 1. The Morgan fingerprint density at radius 3 is 2.57 bits per heavy atom. The van der Waals surface area contributed by atoms with E-state index in [0.717, 1.165) is 5.56 Å². The second kappa shape index (κ2) is 7.89. The van der Waals surface area contributed by atoms with Crippen molar-refractivity contribution in [1.29, 1.82) is 5.26 Å². The van der Waals surface area contributed by atoms with Crippen molar-refractivity contribution in [3.05, 3.63) is 104 Å². The van der Waals surface area contributed by atoms with Crippen molar-refractivity contribution < 1.29 is 14.1 Å². The third-order valence-corrected chi connectivity index (χ3v) is 4.67. The lowest BCUT2D eigenvalue weighted by atomic mass is 10.1. The maximum atomic E-state index is 12.9. The number of hydrogen-bond donors (Lipinski definition) is 0. The molecule has 7 heteroatoms. The van der Waals surface area contributed by atoms with Gasteiger partial charge in [0.2, 0.25) is 0 Å². The second-order valence-corrected chi connectivity index (χ2v) is 6.50. The molecule has 0 aliphatic carbocycles. The van der Waals surface area contributed by atoms with Crippen molar-refractivity contribution in [2.75, 3.05) is 0 Å². The first-order valence-electron chi connectivity index (χ1n) is 8.98. The molecule has 4 aromatic rings. The minimum atomic E-state index is -0.497. The molecule has 30 heavy (non-hydrogen) atoms. The van der Waals surface area contributed by atoms with Gasteiger partial charge in [0.05, 0.1) is 27.5 Å². The zero-order valence-corrected chi connectivity index (χ0v) is 15.6. The van der Waals surface area contributed by atoms with Gasteiger partial charge in [-0.05, 0) is 35.9 Å². The molecule has 1 heterocycles. The van der Waals surface area contributed by atoms with E-state index >= 15 is 0 Å². The van der Waals surface area contributed by atoms with E-state index in [2.05, 4.69) is 6.07 Å². The molecule has 0 fully saturated rings. The first-order chi connectivity index (χ1) is 14.6. The Bertz CT molecular complexity index is 1350. The van der Waals surface area contributed by atoms with Crippen LogP contribution in [0.3, 0.4) is 0 Å². The van der Waals surface area contributed by atoms with Crippen molar-refractivity contribution in [2.45, 2.75) is 6.61 Å². The monoisotopic (exact) mass is 398 g/mol. The van der Waals surface area contributed by atoms with E-state index in [1.807, 2.05) is 12.1 Å². The van der Waals surface area contributed by atoms with Gasteiger partial charge in [0.1, 0.15) is 24.2 Å². The first kappa shape index (κ1) is 18.9. The van der Waals surface area contributed by atoms with Crippen molar-refractivity contribution in [2.24, 2.45) is 0 Å². The lowest BCUT2D eigenvalue weighted by Gasteiger charge is -2.09. The third-order valence-electron chi connectivity index (χ3n) is 4.67. The number of rotatable bonds is 5. The van der Waals surface area contributed by atoms with E-state index in [4.69, 9.17) is 14.4 Å². The molecule has 7 nitrogen and oxygen atoms in total. The summed E-state index contributed by atoms with van der Waals surface area (Å²) in [5, 5.41) is 20.3. The van der Waals surface area contributed by atoms with Crippen LogP contribution in [-0.4, -0.2) is 4.92 Å². The van der Waals surface area contributed by atoms with Crippen LogP contribution in [0.5, 0.6) is 5.75 Å². The van der Waals surface area contributed by atoms with Crippen LogP contribution in [-0.2, 0) is 6.61 Å². The van der Waals surface area contributed by atoms with E-state index in [9.17, 15) is 14.9 Å². The number of nitrogens with zero attached hydrogens (tertiary/aromatic N) is 2. The predicted molar refractivity (Wildman–Crippen MR) is 110 cm³/mol. The van der Waals surface area contributed by atoms with Crippen molar-refractivity contribution in [3.63, 3.8) is 0 Å². The molecule has 0 atom stereocenters. The summed E-state index contributed by atoms with van der Waals surface area (Å²) in [5.74, 6) is 0.501. The Balaban J connectivity index is 1.62. The number of hydrogen-bond acceptors (Lipinski definition) is 6. The maximum Gasteiger partial charge on any atom is 0.269 e. The molecule has 0 amide bonds. The number of benzene rings is 3. The molecule has 0 bridgehead atoms. The molecule has 3 aromatic carbocycles. The van der Waals surface area contributed by atoms with Crippen LogP contribution in [0.1, 0.15) is 11.1 Å². The normalized spacial score (nSPS) is 10.5. The Morgan fingerprint density at radius 1 is 1.07 bits per heavy atom. The molecule has 1 aromatic heterocycles. The Morgan fingerprint density at radius 2 is 1.83 bits per heavy atom. The SMILES string of the molecule is N#Cc1ccccc1COc1ccc2c(=O)c(-c3ccc([N+](=O)[O-])cc3)coc2c1. The molecule has 0 aliphatic heterocycles. The van der Waals surface area contributed by atoms with E-state index in [-0.39, 0.29) is 17.7 Å². The van der Waals surface area contributed by atoms with Crippen LogP contribution in [0, 0.1) is 21.4 Å². The molecule has 0 saturated heterocycles. The summed E-state index contributed by atoms with van der Waals surface area (Å²) in [6.45, 7) is 0.209. The molecule has 0 saturated carbocycles. The fourth-order valence-electron chi connectivity index (χ4n) is 3.08. The van der Waals surface area contributed by atoms with Gasteiger partial charge in [-0.15, -0.1) is 0 Å². The molecule has 146 valence electrons. The summed E-state index contributed by atoms with van der Waals surface area (Å²) in [6, 6.07) is 19.9. The summed E-state index contributed by atoms with van der Waals surface area (Å²) in [4.78, 5) is 23.2. The van der Waals surface area contributed by atoms with Gasteiger partial charge in [0.25, 0.3) is 5.69 Å². The predicted octanol–water partition coefficient (Wildman–Crippen LogP) is 4.82. The van der Waals surface area contributed by atoms with Gasteiger partial charge in [-0.1, -0.05) is 18.2 Å². The average Bonchev–Trinajstić information content (AvgIpc) is 2.78. The second-order valence-electron chi connectivity index (χ2n) is 6.50. The maximum absolute atomic E-state index is 12.9. The summed E-state index contributed by atoms with van der Waals surface area (Å²) in [7, 11) is 0. The van der Waals surface area contributed by atoms with Gasteiger partial charge in [-0.3, -0.25) is 14.9 Å². The molecule has 0 unspecified atom stereocenters. The first-order valence-corrected chi connectivity index (χ1v) is 8.98. The highest BCUT2D eigenvalue weighted by Crippen LogP contribution is 2.25. The van der Waals surface area contributed by atoms with Gasteiger partial charge in [-0.25, -0.2) is 0 Å². The van der Waals surface area contributed by atoms with Crippen LogP contribution < -0.4 is 10.2 Å². The van der Waals surface area contributed by atoms with E-state index in [1.54, 1.807) is 30.3 Å². The van der Waals surface area contributed by atoms with Crippen LogP contribution in [0.2, 0.25) is 0 Å². The molecule has 0 radical (unpaired) electrons. The quantitative estimate of drug-likeness (QED) is 0.352. The van der Waals surface area contributed by atoms with Gasteiger partial charge in [-0.2, -0.15) is 5.26 Å². The summed E-state index contributed by atoms with van der Waals surface area (Å²) < 4.78 is 11.4.